The predicted molar refractivity (Wildman–Crippen MR) is 75.4 cm³/mol. The number of H-pyrrole nitrogens is 1. The van der Waals surface area contributed by atoms with Crippen molar-refractivity contribution in [3.63, 3.8) is 0 Å². The molecule has 1 aromatic carbocycles. The predicted octanol–water partition coefficient (Wildman–Crippen LogP) is 0.146. The van der Waals surface area contributed by atoms with Gasteiger partial charge in [-0.25, -0.2) is 9.78 Å². The number of esters is 1. The van der Waals surface area contributed by atoms with Gasteiger partial charge in [0.2, 0.25) is 5.91 Å². The Balaban J connectivity index is 1.90. The molecule has 112 valence electrons. The summed E-state index contributed by atoms with van der Waals surface area (Å²) in [6.45, 7) is -0.497. The Kier molecular flexibility index (Phi) is 4.89. The second kappa shape index (κ2) is 6.85. The molecule has 7 nitrogen and oxygen atoms in total. The molecule has 0 bridgehead atoms. The molecule has 0 spiro atoms. The Morgan fingerprint density at radius 1 is 1.43 bits per heavy atom. The lowest BCUT2D eigenvalue weighted by molar-refractivity contribution is -0.146. The van der Waals surface area contributed by atoms with Crippen LogP contribution in [0.3, 0.4) is 0 Å². The first-order chi connectivity index (χ1) is 10.1. The van der Waals surface area contributed by atoms with Crippen LogP contribution in [-0.4, -0.2) is 46.7 Å². The van der Waals surface area contributed by atoms with Gasteiger partial charge in [-0.1, -0.05) is 12.1 Å². The van der Waals surface area contributed by atoms with Crippen LogP contribution >= 0.6 is 0 Å². The van der Waals surface area contributed by atoms with Crippen molar-refractivity contribution < 1.29 is 19.4 Å². The lowest BCUT2D eigenvalue weighted by Crippen LogP contribution is -2.44. The summed E-state index contributed by atoms with van der Waals surface area (Å²) >= 11 is 0. The maximum absolute atomic E-state index is 11.7. The SMILES string of the molecule is COC(=O)C(CO)NC(=O)CCc1nc2ccccc2[nH]1. The van der Waals surface area contributed by atoms with Crippen LogP contribution in [0.2, 0.25) is 0 Å². The van der Waals surface area contributed by atoms with Crippen molar-refractivity contribution in [2.45, 2.75) is 18.9 Å². The Bertz CT molecular complexity index is 605. The number of hydrogen-bond acceptors (Lipinski definition) is 5. The average Bonchev–Trinajstić information content (AvgIpc) is 2.92. The zero-order valence-electron chi connectivity index (χ0n) is 11.6. The number of nitrogens with zero attached hydrogens (tertiary/aromatic N) is 1. The molecule has 1 aromatic heterocycles. The molecule has 0 aliphatic rings. The Labute approximate surface area is 121 Å². The summed E-state index contributed by atoms with van der Waals surface area (Å²) in [5, 5.41) is 11.4. The smallest absolute Gasteiger partial charge is 0.330 e. The highest BCUT2D eigenvalue weighted by Gasteiger charge is 2.20. The monoisotopic (exact) mass is 291 g/mol. The van der Waals surface area contributed by atoms with Crippen molar-refractivity contribution in [3.05, 3.63) is 30.1 Å². The molecular weight excluding hydrogens is 274 g/mol. The minimum absolute atomic E-state index is 0.160. The minimum atomic E-state index is -1.03. The van der Waals surface area contributed by atoms with Crippen molar-refractivity contribution in [2.75, 3.05) is 13.7 Å². The molecule has 1 heterocycles. The third-order valence-corrected chi connectivity index (χ3v) is 3.03. The largest absolute Gasteiger partial charge is 0.467 e. The van der Waals surface area contributed by atoms with Crippen LogP contribution in [0.5, 0.6) is 0 Å². The number of aliphatic hydroxyl groups excluding tert-OH is 1. The maximum atomic E-state index is 11.7. The number of carbonyl (C=O) groups excluding carboxylic acids is 2. The lowest BCUT2D eigenvalue weighted by atomic mass is 10.2. The molecule has 0 aliphatic heterocycles. The van der Waals surface area contributed by atoms with Crippen LogP contribution in [0.4, 0.5) is 0 Å². The third-order valence-electron chi connectivity index (χ3n) is 3.03. The van der Waals surface area contributed by atoms with Gasteiger partial charge < -0.3 is 20.1 Å². The van der Waals surface area contributed by atoms with Gasteiger partial charge in [-0.05, 0) is 12.1 Å². The van der Waals surface area contributed by atoms with E-state index in [1.807, 2.05) is 24.3 Å². The average molecular weight is 291 g/mol. The van der Waals surface area contributed by atoms with Crippen molar-refractivity contribution >= 4 is 22.9 Å². The number of rotatable bonds is 6. The number of aromatic amines is 1. The number of hydrogen-bond donors (Lipinski definition) is 3. The number of aromatic nitrogens is 2. The van der Waals surface area contributed by atoms with E-state index < -0.39 is 18.6 Å². The van der Waals surface area contributed by atoms with Gasteiger partial charge in [0, 0.05) is 12.8 Å². The molecular formula is C14H17N3O4. The van der Waals surface area contributed by atoms with Gasteiger partial charge in [0.05, 0.1) is 24.8 Å². The molecule has 0 radical (unpaired) electrons. The molecule has 0 aliphatic carbocycles. The van der Waals surface area contributed by atoms with Crippen molar-refractivity contribution in [1.82, 2.24) is 15.3 Å². The van der Waals surface area contributed by atoms with E-state index in [2.05, 4.69) is 20.0 Å². The van der Waals surface area contributed by atoms with Crippen LogP contribution in [0.25, 0.3) is 11.0 Å². The van der Waals surface area contributed by atoms with Gasteiger partial charge in [-0.15, -0.1) is 0 Å². The van der Waals surface area contributed by atoms with Gasteiger partial charge in [0.25, 0.3) is 0 Å². The van der Waals surface area contributed by atoms with Crippen LogP contribution in [0.1, 0.15) is 12.2 Å². The van der Waals surface area contributed by atoms with E-state index in [0.29, 0.717) is 12.2 Å². The number of nitrogens with one attached hydrogen (secondary N) is 2. The van der Waals surface area contributed by atoms with Gasteiger partial charge >= 0.3 is 5.97 Å². The van der Waals surface area contributed by atoms with Gasteiger partial charge in [0.1, 0.15) is 5.82 Å². The summed E-state index contributed by atoms with van der Waals surface area (Å²) in [6.07, 6.45) is 0.577. The molecule has 2 aromatic rings. The van der Waals surface area contributed by atoms with E-state index in [-0.39, 0.29) is 12.3 Å². The molecule has 21 heavy (non-hydrogen) atoms. The zero-order chi connectivity index (χ0) is 15.2. The highest BCUT2D eigenvalue weighted by molar-refractivity contribution is 5.84. The number of ether oxygens (including phenoxy) is 1. The second-order valence-electron chi connectivity index (χ2n) is 4.53. The van der Waals surface area contributed by atoms with Crippen LogP contribution in [0.15, 0.2) is 24.3 Å². The first-order valence-corrected chi connectivity index (χ1v) is 6.55. The molecule has 1 unspecified atom stereocenters. The molecule has 1 atom stereocenters. The van der Waals surface area contributed by atoms with Crippen LogP contribution in [0, 0.1) is 0 Å². The van der Waals surface area contributed by atoms with E-state index >= 15 is 0 Å². The van der Waals surface area contributed by atoms with Crippen molar-refractivity contribution in [1.29, 1.82) is 0 Å². The standard InChI is InChI=1S/C14H17N3O4/c1-21-14(20)11(8-18)17-13(19)7-6-12-15-9-4-2-3-5-10(9)16-12/h2-5,11,18H,6-8H2,1H3,(H,15,16)(H,17,19). The lowest BCUT2D eigenvalue weighted by Gasteiger charge is -2.13. The first kappa shape index (κ1) is 15.0. The number of para-hydroxylation sites is 2. The van der Waals surface area contributed by atoms with Crippen LogP contribution < -0.4 is 5.32 Å². The topological polar surface area (TPSA) is 104 Å². The van der Waals surface area contributed by atoms with E-state index in [4.69, 9.17) is 5.11 Å². The number of methoxy groups -OCH3 is 1. The first-order valence-electron chi connectivity index (χ1n) is 6.55. The Morgan fingerprint density at radius 3 is 2.86 bits per heavy atom. The maximum Gasteiger partial charge on any atom is 0.330 e. The van der Waals surface area contributed by atoms with Gasteiger partial charge in [0.15, 0.2) is 6.04 Å². The normalized spacial score (nSPS) is 12.1. The highest BCUT2D eigenvalue weighted by Crippen LogP contribution is 2.11. The van der Waals surface area contributed by atoms with Gasteiger partial charge in [-0.3, -0.25) is 4.79 Å². The number of benzene rings is 1. The summed E-state index contributed by atoms with van der Waals surface area (Å²) in [5.41, 5.74) is 1.76. The summed E-state index contributed by atoms with van der Waals surface area (Å²) in [6, 6.07) is 6.55. The fourth-order valence-electron chi connectivity index (χ4n) is 1.94. The molecule has 7 heteroatoms. The van der Waals surface area contributed by atoms with Gasteiger partial charge in [-0.2, -0.15) is 0 Å². The molecule has 0 fully saturated rings. The van der Waals surface area contributed by atoms with E-state index in [1.54, 1.807) is 0 Å². The number of aryl methyl sites for hydroxylation is 1. The third kappa shape index (κ3) is 3.79. The Morgan fingerprint density at radius 2 is 2.19 bits per heavy atom. The number of amides is 1. The molecule has 0 saturated carbocycles. The molecule has 3 N–H and O–H groups in total. The molecule has 0 saturated heterocycles. The summed E-state index contributed by atoms with van der Waals surface area (Å²) in [4.78, 5) is 30.5. The number of carbonyl (C=O) groups is 2. The number of fused-ring (bicyclic) bond motifs is 1. The van der Waals surface area contributed by atoms with Crippen molar-refractivity contribution in [2.24, 2.45) is 0 Å². The molecule has 2 rings (SSSR count). The molecule has 1 amide bonds. The van der Waals surface area contributed by atoms with E-state index in [1.165, 1.54) is 7.11 Å². The summed E-state index contributed by atoms with van der Waals surface area (Å²) < 4.78 is 4.47. The highest BCUT2D eigenvalue weighted by atomic mass is 16.5. The fourth-order valence-corrected chi connectivity index (χ4v) is 1.94. The number of imidazole rings is 1. The minimum Gasteiger partial charge on any atom is -0.467 e. The quantitative estimate of drug-likeness (QED) is 0.657. The number of aliphatic hydroxyl groups is 1. The van der Waals surface area contributed by atoms with Crippen LogP contribution in [-0.2, 0) is 20.7 Å². The zero-order valence-corrected chi connectivity index (χ0v) is 11.6. The second-order valence-corrected chi connectivity index (χ2v) is 4.53. The van der Waals surface area contributed by atoms with E-state index in [0.717, 1.165) is 11.0 Å². The Hall–Kier alpha value is -2.41. The summed E-state index contributed by atoms with van der Waals surface area (Å²) in [5.74, 6) is -0.320. The van der Waals surface area contributed by atoms with E-state index in [9.17, 15) is 9.59 Å². The fraction of sp³-hybridized carbons (Fsp3) is 0.357. The summed E-state index contributed by atoms with van der Waals surface area (Å²) in [7, 11) is 1.20. The van der Waals surface area contributed by atoms with Crippen molar-refractivity contribution in [3.8, 4) is 0 Å².